The molecule has 2 aromatic carbocycles. The molecule has 0 saturated carbocycles. The predicted octanol–water partition coefficient (Wildman–Crippen LogP) is 4.96. The van der Waals surface area contributed by atoms with E-state index >= 15 is 0 Å². The van der Waals surface area contributed by atoms with E-state index in [0.717, 1.165) is 16.1 Å². The van der Waals surface area contributed by atoms with Crippen molar-refractivity contribution in [2.75, 3.05) is 5.73 Å². The van der Waals surface area contributed by atoms with Crippen LogP contribution in [-0.4, -0.2) is 4.98 Å². The van der Waals surface area contributed by atoms with Crippen molar-refractivity contribution in [3.05, 3.63) is 58.8 Å². The standard InChI is InChI=1S/C15H10BrFN2S/c16-11-8-10(6-7-12(11)17)13-14(18)20-15(19-13)9-4-2-1-3-5-9/h1-8H,18H2. The van der Waals surface area contributed by atoms with Gasteiger partial charge in [-0.05, 0) is 34.1 Å². The third-order valence-electron chi connectivity index (χ3n) is 2.87. The van der Waals surface area contributed by atoms with Gasteiger partial charge in [0.05, 0.1) is 4.47 Å². The van der Waals surface area contributed by atoms with Crippen molar-refractivity contribution >= 4 is 32.3 Å². The van der Waals surface area contributed by atoms with Gasteiger partial charge in [0, 0.05) is 11.1 Å². The number of hydrogen-bond acceptors (Lipinski definition) is 3. The Morgan fingerprint density at radius 3 is 2.50 bits per heavy atom. The van der Waals surface area contributed by atoms with Gasteiger partial charge < -0.3 is 5.73 Å². The lowest BCUT2D eigenvalue weighted by Gasteiger charge is -2.00. The Morgan fingerprint density at radius 2 is 1.80 bits per heavy atom. The van der Waals surface area contributed by atoms with E-state index in [-0.39, 0.29) is 5.82 Å². The monoisotopic (exact) mass is 348 g/mol. The fraction of sp³-hybridized carbons (Fsp3) is 0. The molecule has 3 rings (SSSR count). The normalized spacial score (nSPS) is 10.7. The van der Waals surface area contributed by atoms with Crippen LogP contribution in [-0.2, 0) is 0 Å². The highest BCUT2D eigenvalue weighted by molar-refractivity contribution is 9.10. The average Bonchev–Trinajstić information content (AvgIpc) is 2.85. The molecule has 5 heteroatoms. The van der Waals surface area contributed by atoms with Crippen LogP contribution in [0, 0.1) is 5.82 Å². The molecule has 0 amide bonds. The number of nitrogens with two attached hydrogens (primary N) is 1. The summed E-state index contributed by atoms with van der Waals surface area (Å²) in [6.07, 6.45) is 0. The van der Waals surface area contributed by atoms with Crippen molar-refractivity contribution in [3.8, 4) is 21.8 Å². The molecule has 0 unspecified atom stereocenters. The molecule has 0 spiro atoms. The van der Waals surface area contributed by atoms with E-state index in [1.807, 2.05) is 30.3 Å². The lowest BCUT2D eigenvalue weighted by atomic mass is 10.1. The molecule has 0 radical (unpaired) electrons. The van der Waals surface area contributed by atoms with E-state index in [9.17, 15) is 4.39 Å². The summed E-state index contributed by atoms with van der Waals surface area (Å²) in [5, 5.41) is 1.49. The van der Waals surface area contributed by atoms with Crippen LogP contribution in [0.2, 0.25) is 0 Å². The Morgan fingerprint density at radius 1 is 1.05 bits per heavy atom. The van der Waals surface area contributed by atoms with Gasteiger partial charge in [-0.25, -0.2) is 9.37 Å². The summed E-state index contributed by atoms with van der Waals surface area (Å²) in [7, 11) is 0. The van der Waals surface area contributed by atoms with Gasteiger partial charge in [-0.15, -0.1) is 0 Å². The van der Waals surface area contributed by atoms with Crippen molar-refractivity contribution < 1.29 is 4.39 Å². The zero-order chi connectivity index (χ0) is 14.1. The van der Waals surface area contributed by atoms with E-state index in [2.05, 4.69) is 20.9 Å². The number of thiazole rings is 1. The van der Waals surface area contributed by atoms with Crippen LogP contribution < -0.4 is 5.73 Å². The predicted molar refractivity (Wildman–Crippen MR) is 85.1 cm³/mol. The molecule has 2 N–H and O–H groups in total. The molecule has 100 valence electrons. The highest BCUT2D eigenvalue weighted by Crippen LogP contribution is 2.36. The van der Waals surface area contributed by atoms with Crippen LogP contribution in [0.1, 0.15) is 0 Å². The molecule has 0 saturated heterocycles. The van der Waals surface area contributed by atoms with Gasteiger partial charge in [0.15, 0.2) is 0 Å². The van der Waals surface area contributed by atoms with Crippen LogP contribution in [0.3, 0.4) is 0 Å². The van der Waals surface area contributed by atoms with Gasteiger partial charge in [-0.2, -0.15) is 0 Å². The summed E-state index contributed by atoms with van der Waals surface area (Å²) in [6, 6.07) is 14.6. The molecular weight excluding hydrogens is 339 g/mol. The number of anilines is 1. The summed E-state index contributed by atoms with van der Waals surface area (Å²) >= 11 is 4.61. The molecule has 1 heterocycles. The third kappa shape index (κ3) is 2.46. The summed E-state index contributed by atoms with van der Waals surface area (Å²) in [6.45, 7) is 0. The molecule has 20 heavy (non-hydrogen) atoms. The van der Waals surface area contributed by atoms with Crippen LogP contribution in [0.15, 0.2) is 53.0 Å². The van der Waals surface area contributed by atoms with Gasteiger partial charge >= 0.3 is 0 Å². The maximum absolute atomic E-state index is 13.3. The van der Waals surface area contributed by atoms with Crippen LogP contribution >= 0.6 is 27.3 Å². The van der Waals surface area contributed by atoms with Crippen molar-refractivity contribution in [1.82, 2.24) is 4.98 Å². The molecule has 0 fully saturated rings. The Labute approximate surface area is 128 Å². The van der Waals surface area contributed by atoms with Gasteiger partial charge in [0.1, 0.15) is 21.5 Å². The summed E-state index contributed by atoms with van der Waals surface area (Å²) in [4.78, 5) is 4.57. The van der Waals surface area contributed by atoms with E-state index in [0.29, 0.717) is 15.2 Å². The fourth-order valence-corrected chi connectivity index (χ4v) is 3.12. The highest BCUT2D eigenvalue weighted by atomic mass is 79.9. The van der Waals surface area contributed by atoms with Crippen molar-refractivity contribution in [2.45, 2.75) is 0 Å². The second-order valence-electron chi connectivity index (χ2n) is 4.23. The minimum absolute atomic E-state index is 0.300. The number of halogens is 2. The number of hydrogen-bond donors (Lipinski definition) is 1. The molecule has 0 aliphatic carbocycles. The Kier molecular flexibility index (Phi) is 3.54. The molecule has 2 nitrogen and oxygen atoms in total. The lowest BCUT2D eigenvalue weighted by molar-refractivity contribution is 0.621. The Hall–Kier alpha value is -1.72. The summed E-state index contributed by atoms with van der Waals surface area (Å²) < 4.78 is 13.7. The molecule has 3 aromatic rings. The topological polar surface area (TPSA) is 38.9 Å². The quantitative estimate of drug-likeness (QED) is 0.710. The Balaban J connectivity index is 2.07. The van der Waals surface area contributed by atoms with Gasteiger partial charge in [-0.3, -0.25) is 0 Å². The number of rotatable bonds is 2. The van der Waals surface area contributed by atoms with Crippen molar-refractivity contribution in [3.63, 3.8) is 0 Å². The largest absolute Gasteiger partial charge is 0.389 e. The first-order valence-corrected chi connectivity index (χ1v) is 7.53. The second-order valence-corrected chi connectivity index (χ2v) is 6.11. The van der Waals surface area contributed by atoms with E-state index in [1.54, 1.807) is 12.1 Å². The average molecular weight is 349 g/mol. The number of benzene rings is 2. The molecule has 0 aliphatic rings. The van der Waals surface area contributed by atoms with Crippen LogP contribution in [0.25, 0.3) is 21.8 Å². The van der Waals surface area contributed by atoms with Gasteiger partial charge in [0.25, 0.3) is 0 Å². The van der Waals surface area contributed by atoms with Gasteiger partial charge in [-0.1, -0.05) is 41.7 Å². The molecule has 0 aliphatic heterocycles. The number of nitrogens with zero attached hydrogens (tertiary/aromatic N) is 1. The molecule has 0 atom stereocenters. The highest BCUT2D eigenvalue weighted by Gasteiger charge is 2.13. The summed E-state index contributed by atoms with van der Waals surface area (Å²) in [5.74, 6) is -0.300. The number of aromatic nitrogens is 1. The van der Waals surface area contributed by atoms with Crippen molar-refractivity contribution in [2.24, 2.45) is 0 Å². The first-order chi connectivity index (χ1) is 9.65. The van der Waals surface area contributed by atoms with E-state index in [1.165, 1.54) is 17.4 Å². The maximum Gasteiger partial charge on any atom is 0.137 e. The third-order valence-corrected chi connectivity index (χ3v) is 4.41. The number of nitrogen functional groups attached to an aromatic ring is 1. The Bertz CT molecular complexity index is 756. The van der Waals surface area contributed by atoms with Gasteiger partial charge in [0.2, 0.25) is 0 Å². The zero-order valence-corrected chi connectivity index (χ0v) is 12.7. The summed E-state index contributed by atoms with van der Waals surface area (Å²) in [5.41, 5.74) is 8.56. The lowest BCUT2D eigenvalue weighted by Crippen LogP contribution is -1.87. The molecule has 1 aromatic heterocycles. The van der Waals surface area contributed by atoms with E-state index < -0.39 is 0 Å². The second kappa shape index (κ2) is 5.34. The minimum atomic E-state index is -0.300. The van der Waals surface area contributed by atoms with Crippen LogP contribution in [0.4, 0.5) is 9.39 Å². The zero-order valence-electron chi connectivity index (χ0n) is 10.3. The first-order valence-electron chi connectivity index (χ1n) is 5.92. The minimum Gasteiger partial charge on any atom is -0.389 e. The van der Waals surface area contributed by atoms with E-state index in [4.69, 9.17) is 5.73 Å². The van der Waals surface area contributed by atoms with Crippen LogP contribution in [0.5, 0.6) is 0 Å². The first kappa shape index (κ1) is 13.3. The maximum atomic E-state index is 13.3. The smallest absolute Gasteiger partial charge is 0.137 e. The fourth-order valence-electron chi connectivity index (χ4n) is 1.89. The SMILES string of the molecule is Nc1sc(-c2ccccc2)nc1-c1ccc(F)c(Br)c1. The molecule has 0 bridgehead atoms. The van der Waals surface area contributed by atoms with Crippen molar-refractivity contribution in [1.29, 1.82) is 0 Å². The molecular formula is C15H10BrFN2S.